The van der Waals surface area contributed by atoms with Crippen molar-refractivity contribution in [2.24, 2.45) is 0 Å². The molecule has 0 atom stereocenters. The maximum Gasteiger partial charge on any atom is 0.257 e. The number of carbonyl (C=O) groups is 1. The highest BCUT2D eigenvalue weighted by Crippen LogP contribution is 2.16. The molecule has 122 valence electrons. The topological polar surface area (TPSA) is 76.2 Å². The molecule has 3 aromatic rings. The van der Waals surface area contributed by atoms with Crippen LogP contribution in [0.3, 0.4) is 0 Å². The van der Waals surface area contributed by atoms with Gasteiger partial charge in [-0.2, -0.15) is 0 Å². The van der Waals surface area contributed by atoms with Gasteiger partial charge in [0.2, 0.25) is 0 Å². The molecule has 0 spiro atoms. The number of nitrogens with zero attached hydrogens (tertiary/aromatic N) is 4. The van der Waals surface area contributed by atoms with E-state index < -0.39 is 0 Å². The second kappa shape index (κ2) is 6.19. The molecule has 1 aliphatic rings. The van der Waals surface area contributed by atoms with Crippen LogP contribution in [0.5, 0.6) is 0 Å². The Hall–Kier alpha value is -3.09. The lowest BCUT2D eigenvalue weighted by molar-refractivity contribution is 0.0707. The van der Waals surface area contributed by atoms with E-state index >= 15 is 0 Å². The third-order valence-corrected chi connectivity index (χ3v) is 4.02. The van der Waals surface area contributed by atoms with Crippen molar-refractivity contribution in [3.05, 3.63) is 66.3 Å². The first-order chi connectivity index (χ1) is 11.8. The van der Waals surface area contributed by atoms with Crippen molar-refractivity contribution in [3.63, 3.8) is 0 Å². The number of imidazole rings is 1. The SMILES string of the molecule is O=C(c1ccoc1)N1CCn2cc(CNc3ccccn3)nc2C1. The van der Waals surface area contributed by atoms with Gasteiger partial charge in [-0.05, 0) is 18.2 Å². The summed E-state index contributed by atoms with van der Waals surface area (Å²) in [6.45, 7) is 2.52. The minimum atomic E-state index is -0.0221. The van der Waals surface area contributed by atoms with E-state index in [1.165, 1.54) is 12.5 Å². The van der Waals surface area contributed by atoms with Crippen LogP contribution in [0, 0.1) is 0 Å². The van der Waals surface area contributed by atoms with Crippen LogP contribution >= 0.6 is 0 Å². The molecule has 1 aliphatic heterocycles. The molecule has 4 heterocycles. The number of furan rings is 1. The lowest BCUT2D eigenvalue weighted by Gasteiger charge is -2.27. The van der Waals surface area contributed by atoms with Gasteiger partial charge in [0.25, 0.3) is 5.91 Å². The monoisotopic (exact) mass is 323 g/mol. The molecule has 7 nitrogen and oxygen atoms in total. The predicted molar refractivity (Wildman–Crippen MR) is 87.2 cm³/mol. The van der Waals surface area contributed by atoms with Gasteiger partial charge >= 0.3 is 0 Å². The zero-order valence-electron chi connectivity index (χ0n) is 13.1. The van der Waals surface area contributed by atoms with Crippen molar-refractivity contribution >= 4 is 11.7 Å². The third-order valence-electron chi connectivity index (χ3n) is 4.02. The fraction of sp³-hybridized carbons (Fsp3) is 0.235. The molecular formula is C17H17N5O2. The number of carbonyl (C=O) groups excluding carboxylic acids is 1. The zero-order chi connectivity index (χ0) is 16.4. The summed E-state index contributed by atoms with van der Waals surface area (Å²) >= 11 is 0. The molecule has 0 bridgehead atoms. The number of hydrogen-bond donors (Lipinski definition) is 1. The van der Waals surface area contributed by atoms with Gasteiger partial charge < -0.3 is 19.2 Å². The second-order valence-corrected chi connectivity index (χ2v) is 5.65. The van der Waals surface area contributed by atoms with Crippen LogP contribution in [0.2, 0.25) is 0 Å². The standard InChI is InChI=1S/C17H17N5O2/c23-17(13-4-8-24-12-13)22-7-6-21-10-14(20-16(21)11-22)9-19-15-3-1-2-5-18-15/h1-5,8,10,12H,6-7,9,11H2,(H,18,19). The molecule has 1 N–H and O–H groups in total. The van der Waals surface area contributed by atoms with E-state index in [1.807, 2.05) is 24.4 Å². The normalized spacial score (nSPS) is 13.6. The van der Waals surface area contributed by atoms with Gasteiger partial charge in [-0.25, -0.2) is 9.97 Å². The maximum atomic E-state index is 12.4. The van der Waals surface area contributed by atoms with Crippen molar-refractivity contribution < 1.29 is 9.21 Å². The minimum absolute atomic E-state index is 0.0221. The summed E-state index contributed by atoms with van der Waals surface area (Å²) in [4.78, 5) is 23.1. The van der Waals surface area contributed by atoms with Gasteiger partial charge in [-0.1, -0.05) is 6.07 Å². The Bertz CT molecular complexity index is 826. The highest BCUT2D eigenvalue weighted by molar-refractivity contribution is 5.93. The minimum Gasteiger partial charge on any atom is -0.472 e. The first kappa shape index (κ1) is 14.5. The van der Waals surface area contributed by atoms with E-state index in [4.69, 9.17) is 4.42 Å². The number of amides is 1. The predicted octanol–water partition coefficient (Wildman–Crippen LogP) is 2.14. The van der Waals surface area contributed by atoms with Crippen LogP contribution in [-0.4, -0.2) is 31.9 Å². The van der Waals surface area contributed by atoms with E-state index in [-0.39, 0.29) is 5.91 Å². The van der Waals surface area contributed by atoms with Crippen molar-refractivity contribution in [3.8, 4) is 0 Å². The molecule has 0 radical (unpaired) electrons. The summed E-state index contributed by atoms with van der Waals surface area (Å²) in [5.41, 5.74) is 1.51. The van der Waals surface area contributed by atoms with E-state index in [0.717, 1.165) is 23.9 Å². The summed E-state index contributed by atoms with van der Waals surface area (Å²) in [5, 5.41) is 3.25. The Labute approximate surface area is 138 Å². The van der Waals surface area contributed by atoms with Crippen LogP contribution in [0.25, 0.3) is 0 Å². The lowest BCUT2D eigenvalue weighted by Crippen LogP contribution is -2.38. The second-order valence-electron chi connectivity index (χ2n) is 5.65. The van der Waals surface area contributed by atoms with Crippen molar-refractivity contribution in [1.82, 2.24) is 19.4 Å². The molecule has 3 aromatic heterocycles. The van der Waals surface area contributed by atoms with Crippen molar-refractivity contribution in [1.29, 1.82) is 0 Å². The molecule has 1 amide bonds. The van der Waals surface area contributed by atoms with Crippen LogP contribution in [-0.2, 0) is 19.6 Å². The maximum absolute atomic E-state index is 12.4. The number of anilines is 1. The Balaban J connectivity index is 1.43. The number of fused-ring (bicyclic) bond motifs is 1. The summed E-state index contributed by atoms with van der Waals surface area (Å²) < 4.78 is 7.10. The van der Waals surface area contributed by atoms with Crippen molar-refractivity contribution in [2.75, 3.05) is 11.9 Å². The third kappa shape index (κ3) is 2.88. The molecule has 0 unspecified atom stereocenters. The van der Waals surface area contributed by atoms with Crippen molar-refractivity contribution in [2.45, 2.75) is 19.6 Å². The van der Waals surface area contributed by atoms with E-state index in [9.17, 15) is 4.79 Å². The molecule has 0 fully saturated rings. The number of nitrogens with one attached hydrogen (secondary N) is 1. The molecule has 4 rings (SSSR count). The van der Waals surface area contributed by atoms with Gasteiger partial charge in [-0.15, -0.1) is 0 Å². The van der Waals surface area contributed by atoms with Gasteiger partial charge in [-0.3, -0.25) is 4.79 Å². The highest BCUT2D eigenvalue weighted by Gasteiger charge is 2.23. The zero-order valence-corrected chi connectivity index (χ0v) is 13.1. The van der Waals surface area contributed by atoms with Crippen LogP contribution in [0.15, 0.2) is 53.6 Å². The Morgan fingerprint density at radius 1 is 1.29 bits per heavy atom. The fourth-order valence-electron chi connectivity index (χ4n) is 2.79. The molecule has 0 aliphatic carbocycles. The average molecular weight is 323 g/mol. The first-order valence-electron chi connectivity index (χ1n) is 7.81. The molecule has 0 aromatic carbocycles. The summed E-state index contributed by atoms with van der Waals surface area (Å²) in [6, 6.07) is 7.42. The highest BCUT2D eigenvalue weighted by atomic mass is 16.3. The van der Waals surface area contributed by atoms with E-state index in [0.29, 0.717) is 25.2 Å². The summed E-state index contributed by atoms with van der Waals surface area (Å²) in [6.07, 6.45) is 6.77. The summed E-state index contributed by atoms with van der Waals surface area (Å²) in [7, 11) is 0. The molecule has 0 saturated carbocycles. The number of hydrogen-bond acceptors (Lipinski definition) is 5. The van der Waals surface area contributed by atoms with Gasteiger partial charge in [0.15, 0.2) is 0 Å². The Morgan fingerprint density at radius 2 is 2.25 bits per heavy atom. The van der Waals surface area contributed by atoms with Crippen LogP contribution in [0.1, 0.15) is 21.9 Å². The van der Waals surface area contributed by atoms with Gasteiger partial charge in [0, 0.05) is 25.5 Å². The fourth-order valence-corrected chi connectivity index (χ4v) is 2.79. The smallest absolute Gasteiger partial charge is 0.257 e. The largest absolute Gasteiger partial charge is 0.472 e. The van der Waals surface area contributed by atoms with Crippen LogP contribution in [0.4, 0.5) is 5.82 Å². The van der Waals surface area contributed by atoms with Crippen LogP contribution < -0.4 is 5.32 Å². The first-order valence-corrected chi connectivity index (χ1v) is 7.81. The van der Waals surface area contributed by atoms with Gasteiger partial charge in [0.1, 0.15) is 17.9 Å². The van der Waals surface area contributed by atoms with E-state index in [2.05, 4.69) is 19.9 Å². The van der Waals surface area contributed by atoms with E-state index in [1.54, 1.807) is 17.2 Å². The van der Waals surface area contributed by atoms with Gasteiger partial charge in [0.05, 0.1) is 30.6 Å². The lowest BCUT2D eigenvalue weighted by atomic mass is 10.2. The molecular weight excluding hydrogens is 306 g/mol. The summed E-state index contributed by atoms with van der Waals surface area (Å²) in [5.74, 6) is 1.70. The number of aromatic nitrogens is 3. The quantitative estimate of drug-likeness (QED) is 0.796. The molecule has 24 heavy (non-hydrogen) atoms. The average Bonchev–Trinajstić information content (AvgIpc) is 3.29. The number of rotatable bonds is 4. The molecule has 0 saturated heterocycles. The number of pyridine rings is 1. The Kier molecular flexibility index (Phi) is 3.74. The molecule has 7 heteroatoms. The Morgan fingerprint density at radius 3 is 3.04 bits per heavy atom.